The molecule has 0 bridgehead atoms. The zero-order valence-corrected chi connectivity index (χ0v) is 14.2. The van der Waals surface area contributed by atoms with Crippen molar-refractivity contribution < 1.29 is 9.53 Å². The summed E-state index contributed by atoms with van der Waals surface area (Å²) in [5.41, 5.74) is -0.943. The molecule has 3 atom stereocenters. The predicted molar refractivity (Wildman–Crippen MR) is 84.2 cm³/mol. The van der Waals surface area contributed by atoms with E-state index < -0.39 is 5.60 Å². The summed E-state index contributed by atoms with van der Waals surface area (Å²) in [4.78, 5) is 15.2. The lowest BCUT2D eigenvalue weighted by atomic mass is 9.74. The van der Waals surface area contributed by atoms with Crippen molar-refractivity contribution in [1.82, 2.24) is 4.90 Å². The van der Waals surface area contributed by atoms with Gasteiger partial charge in [0, 0.05) is 13.1 Å². The monoisotopic (exact) mass is 293 g/mol. The Labute approximate surface area is 129 Å². The number of carbonyl (C=O) groups is 1. The van der Waals surface area contributed by atoms with Crippen LogP contribution in [0.2, 0.25) is 0 Å². The molecule has 2 aliphatic heterocycles. The van der Waals surface area contributed by atoms with Crippen molar-refractivity contribution >= 4 is 5.78 Å². The molecule has 0 N–H and O–H groups in total. The van der Waals surface area contributed by atoms with Crippen LogP contribution < -0.4 is 0 Å². The first kappa shape index (κ1) is 15.5. The van der Waals surface area contributed by atoms with E-state index in [1.807, 2.05) is 13.8 Å². The van der Waals surface area contributed by atoms with Crippen molar-refractivity contribution in [3.05, 3.63) is 0 Å². The van der Waals surface area contributed by atoms with Gasteiger partial charge in [0.1, 0.15) is 5.60 Å². The molecule has 0 aromatic heterocycles. The number of Topliss-reactive ketones (excluding diaryl/α,β-unsaturated/α-hetero) is 1. The van der Waals surface area contributed by atoms with Gasteiger partial charge in [0.15, 0.2) is 5.78 Å². The minimum atomic E-state index is -0.614. The highest BCUT2D eigenvalue weighted by Gasteiger charge is 2.53. The molecule has 1 aliphatic carbocycles. The second-order valence-electron chi connectivity index (χ2n) is 8.49. The summed E-state index contributed by atoms with van der Waals surface area (Å²) in [5, 5.41) is 0. The maximum absolute atomic E-state index is 12.6. The van der Waals surface area contributed by atoms with Gasteiger partial charge in [-0.1, -0.05) is 19.3 Å². The zero-order valence-electron chi connectivity index (χ0n) is 14.2. The molecule has 3 heteroatoms. The van der Waals surface area contributed by atoms with Gasteiger partial charge in [-0.3, -0.25) is 4.79 Å². The highest BCUT2D eigenvalue weighted by molar-refractivity contribution is 5.91. The standard InChI is InChI=1S/C18H31NO2/c1-17(2)15(16(20)18(3,4)21-17)12-19-10-9-13-7-5-6-8-14(13)11-19/h13-15H,5-12H2,1-4H3. The molecule has 0 amide bonds. The van der Waals surface area contributed by atoms with Crippen LogP contribution in [0.3, 0.4) is 0 Å². The lowest BCUT2D eigenvalue weighted by molar-refractivity contribution is -0.132. The molecule has 3 aliphatic rings. The summed E-state index contributed by atoms with van der Waals surface area (Å²) >= 11 is 0. The largest absolute Gasteiger partial charge is 0.361 e. The zero-order chi connectivity index (χ0) is 15.3. The molecular formula is C18H31NO2. The van der Waals surface area contributed by atoms with Crippen LogP contribution in [0.15, 0.2) is 0 Å². The molecule has 2 saturated heterocycles. The van der Waals surface area contributed by atoms with Gasteiger partial charge in [-0.25, -0.2) is 0 Å². The number of likely N-dealkylation sites (tertiary alicyclic amines) is 1. The fourth-order valence-corrected chi connectivity index (χ4v) is 4.92. The molecular weight excluding hydrogens is 262 g/mol. The summed E-state index contributed by atoms with van der Waals surface area (Å²) in [5.74, 6) is 2.14. The highest BCUT2D eigenvalue weighted by Crippen LogP contribution is 2.41. The quantitative estimate of drug-likeness (QED) is 0.782. The number of ketones is 1. The minimum Gasteiger partial charge on any atom is -0.361 e. The van der Waals surface area contributed by atoms with Gasteiger partial charge >= 0.3 is 0 Å². The molecule has 0 spiro atoms. The van der Waals surface area contributed by atoms with E-state index in [0.717, 1.165) is 18.4 Å². The van der Waals surface area contributed by atoms with E-state index in [1.54, 1.807) is 0 Å². The average molecular weight is 293 g/mol. The highest BCUT2D eigenvalue weighted by atomic mass is 16.5. The Morgan fingerprint density at radius 2 is 1.76 bits per heavy atom. The third-order valence-corrected chi connectivity index (χ3v) is 6.08. The van der Waals surface area contributed by atoms with Crippen LogP contribution in [0.25, 0.3) is 0 Å². The molecule has 21 heavy (non-hydrogen) atoms. The van der Waals surface area contributed by atoms with Crippen molar-refractivity contribution in [3.8, 4) is 0 Å². The first-order valence-electron chi connectivity index (χ1n) is 8.76. The number of hydrogen-bond acceptors (Lipinski definition) is 3. The molecule has 1 saturated carbocycles. The van der Waals surface area contributed by atoms with E-state index in [-0.39, 0.29) is 11.5 Å². The van der Waals surface area contributed by atoms with Crippen LogP contribution in [0, 0.1) is 17.8 Å². The van der Waals surface area contributed by atoms with Crippen LogP contribution in [0.4, 0.5) is 0 Å². The second-order valence-corrected chi connectivity index (χ2v) is 8.49. The number of nitrogens with zero attached hydrogens (tertiary/aromatic N) is 1. The van der Waals surface area contributed by atoms with E-state index >= 15 is 0 Å². The summed E-state index contributed by atoms with van der Waals surface area (Å²) < 4.78 is 6.03. The maximum Gasteiger partial charge on any atom is 0.171 e. The maximum atomic E-state index is 12.6. The van der Waals surface area contributed by atoms with E-state index in [4.69, 9.17) is 4.74 Å². The van der Waals surface area contributed by atoms with Crippen molar-refractivity contribution in [2.24, 2.45) is 17.8 Å². The molecule has 3 rings (SSSR count). The van der Waals surface area contributed by atoms with Gasteiger partial charge in [-0.05, 0) is 58.9 Å². The summed E-state index contributed by atoms with van der Waals surface area (Å²) in [6, 6.07) is 0. The van der Waals surface area contributed by atoms with Gasteiger partial charge in [0.2, 0.25) is 0 Å². The van der Waals surface area contributed by atoms with Gasteiger partial charge in [0.05, 0.1) is 11.5 Å². The van der Waals surface area contributed by atoms with Crippen LogP contribution >= 0.6 is 0 Å². The average Bonchev–Trinajstić information content (AvgIpc) is 2.57. The van der Waals surface area contributed by atoms with Gasteiger partial charge in [-0.15, -0.1) is 0 Å². The number of fused-ring (bicyclic) bond motifs is 1. The minimum absolute atomic E-state index is 0.0210. The van der Waals surface area contributed by atoms with Gasteiger partial charge in [0.25, 0.3) is 0 Å². The third-order valence-electron chi connectivity index (χ3n) is 6.08. The first-order valence-corrected chi connectivity index (χ1v) is 8.76. The number of piperidine rings is 1. The van der Waals surface area contributed by atoms with Crippen LogP contribution in [-0.2, 0) is 9.53 Å². The Hall–Kier alpha value is -0.410. The number of carbonyl (C=O) groups excluding carboxylic acids is 1. The summed E-state index contributed by atoms with van der Waals surface area (Å²) in [6.45, 7) is 11.3. The Morgan fingerprint density at radius 1 is 1.10 bits per heavy atom. The molecule has 3 nitrogen and oxygen atoms in total. The fraction of sp³-hybridized carbons (Fsp3) is 0.944. The Morgan fingerprint density at radius 3 is 2.38 bits per heavy atom. The van der Waals surface area contributed by atoms with E-state index in [1.165, 1.54) is 45.2 Å². The van der Waals surface area contributed by atoms with Crippen molar-refractivity contribution in [2.75, 3.05) is 19.6 Å². The molecule has 3 unspecified atom stereocenters. The Kier molecular flexibility index (Phi) is 3.94. The smallest absolute Gasteiger partial charge is 0.171 e. The predicted octanol–water partition coefficient (Wildman–Crippen LogP) is 3.27. The number of hydrogen-bond donors (Lipinski definition) is 0. The van der Waals surface area contributed by atoms with Gasteiger partial charge < -0.3 is 9.64 Å². The second kappa shape index (κ2) is 5.34. The van der Waals surface area contributed by atoms with Crippen LogP contribution in [0.1, 0.15) is 59.8 Å². The van der Waals surface area contributed by atoms with E-state index in [2.05, 4.69) is 18.7 Å². The van der Waals surface area contributed by atoms with E-state index in [0.29, 0.717) is 5.78 Å². The van der Waals surface area contributed by atoms with Gasteiger partial charge in [-0.2, -0.15) is 0 Å². The number of ether oxygens (including phenoxy) is 1. The van der Waals surface area contributed by atoms with Crippen molar-refractivity contribution in [3.63, 3.8) is 0 Å². The third kappa shape index (κ3) is 2.92. The topological polar surface area (TPSA) is 29.5 Å². The molecule has 3 fully saturated rings. The first-order chi connectivity index (χ1) is 9.79. The Balaban J connectivity index is 1.65. The normalized spacial score (nSPS) is 39.2. The summed E-state index contributed by atoms with van der Waals surface area (Å²) in [7, 11) is 0. The van der Waals surface area contributed by atoms with Crippen LogP contribution in [-0.4, -0.2) is 41.5 Å². The molecule has 0 aromatic carbocycles. The lowest BCUT2D eigenvalue weighted by Crippen LogP contribution is -2.47. The molecule has 120 valence electrons. The van der Waals surface area contributed by atoms with Crippen molar-refractivity contribution in [1.29, 1.82) is 0 Å². The fourth-order valence-electron chi connectivity index (χ4n) is 4.92. The molecule has 2 heterocycles. The van der Waals surface area contributed by atoms with Crippen molar-refractivity contribution in [2.45, 2.75) is 71.0 Å². The summed E-state index contributed by atoms with van der Waals surface area (Å²) in [6.07, 6.45) is 6.99. The van der Waals surface area contributed by atoms with E-state index in [9.17, 15) is 4.79 Å². The lowest BCUT2D eigenvalue weighted by Gasteiger charge is -2.42. The number of rotatable bonds is 2. The molecule has 0 aromatic rings. The van der Waals surface area contributed by atoms with Crippen LogP contribution in [0.5, 0.6) is 0 Å². The Bertz CT molecular complexity index is 415. The molecule has 0 radical (unpaired) electrons. The SMILES string of the molecule is CC1(C)OC(C)(C)C(CN2CCC3CCCCC3C2)C1=O.